The van der Waals surface area contributed by atoms with Crippen LogP contribution in [0.5, 0.6) is 0 Å². The van der Waals surface area contributed by atoms with E-state index in [-0.39, 0.29) is 5.92 Å². The standard InChI is InChI=1S/C13H19Cl2N3O2/c1-13(2,3)20-12(19)17-7-9(6-16)8-4-10(14)18-11(15)5-8/h4-5,9H,6-7,16H2,1-3H3,(H,17,19). The van der Waals surface area contributed by atoms with Crippen LogP contribution in [0.3, 0.4) is 0 Å². The highest BCUT2D eigenvalue weighted by atomic mass is 35.5. The number of carbonyl (C=O) groups excluding carboxylic acids is 1. The van der Waals surface area contributed by atoms with Gasteiger partial charge in [0.1, 0.15) is 15.9 Å². The summed E-state index contributed by atoms with van der Waals surface area (Å²) in [5.41, 5.74) is 6.01. The Kier molecular flexibility index (Phi) is 6.05. The molecule has 0 aliphatic heterocycles. The second kappa shape index (κ2) is 7.11. The summed E-state index contributed by atoms with van der Waals surface area (Å²) in [4.78, 5) is 15.5. The summed E-state index contributed by atoms with van der Waals surface area (Å²) >= 11 is 11.7. The van der Waals surface area contributed by atoms with Crippen LogP contribution in [0.2, 0.25) is 10.3 Å². The molecule has 5 nitrogen and oxygen atoms in total. The zero-order valence-corrected chi connectivity index (χ0v) is 13.3. The lowest BCUT2D eigenvalue weighted by atomic mass is 10.0. The summed E-state index contributed by atoms with van der Waals surface area (Å²) in [7, 11) is 0. The van der Waals surface area contributed by atoms with Gasteiger partial charge in [0.2, 0.25) is 0 Å². The second-order valence-corrected chi connectivity index (χ2v) is 6.14. The molecule has 0 fully saturated rings. The van der Waals surface area contributed by atoms with Crippen LogP contribution in [0, 0.1) is 0 Å². The van der Waals surface area contributed by atoms with Crippen molar-refractivity contribution in [3.63, 3.8) is 0 Å². The minimum atomic E-state index is -0.536. The Hall–Kier alpha value is -1.04. The highest BCUT2D eigenvalue weighted by Crippen LogP contribution is 2.21. The topological polar surface area (TPSA) is 77.2 Å². The maximum absolute atomic E-state index is 11.6. The number of rotatable bonds is 4. The Morgan fingerprint density at radius 1 is 1.40 bits per heavy atom. The summed E-state index contributed by atoms with van der Waals surface area (Å²) < 4.78 is 5.16. The highest BCUT2D eigenvalue weighted by Gasteiger charge is 2.18. The first-order chi connectivity index (χ1) is 9.21. The molecule has 112 valence electrons. The average molecular weight is 320 g/mol. The molecule has 0 bridgehead atoms. The molecule has 1 rings (SSSR count). The van der Waals surface area contributed by atoms with Gasteiger partial charge in [-0.05, 0) is 38.5 Å². The lowest BCUT2D eigenvalue weighted by molar-refractivity contribution is 0.0525. The summed E-state index contributed by atoms with van der Waals surface area (Å²) in [6.07, 6.45) is -0.484. The normalized spacial score (nSPS) is 12.9. The largest absolute Gasteiger partial charge is 0.444 e. The Morgan fingerprint density at radius 2 is 1.95 bits per heavy atom. The van der Waals surface area contributed by atoms with Crippen molar-refractivity contribution in [3.8, 4) is 0 Å². The molecular formula is C13H19Cl2N3O2. The van der Waals surface area contributed by atoms with Crippen LogP contribution >= 0.6 is 23.2 Å². The monoisotopic (exact) mass is 319 g/mol. The van der Waals surface area contributed by atoms with Crippen LogP contribution < -0.4 is 11.1 Å². The minimum absolute atomic E-state index is 0.111. The molecule has 0 aromatic carbocycles. The summed E-state index contributed by atoms with van der Waals surface area (Å²) in [6.45, 7) is 6.08. The molecule has 0 radical (unpaired) electrons. The quantitative estimate of drug-likeness (QED) is 0.836. The van der Waals surface area contributed by atoms with Crippen molar-refractivity contribution in [1.82, 2.24) is 10.3 Å². The molecule has 0 spiro atoms. The van der Waals surface area contributed by atoms with Crippen molar-refractivity contribution < 1.29 is 9.53 Å². The van der Waals surface area contributed by atoms with Crippen molar-refractivity contribution in [2.24, 2.45) is 5.73 Å². The van der Waals surface area contributed by atoms with Gasteiger partial charge in [0.15, 0.2) is 0 Å². The van der Waals surface area contributed by atoms with Gasteiger partial charge in [0.25, 0.3) is 0 Å². The maximum Gasteiger partial charge on any atom is 0.407 e. The number of pyridine rings is 1. The van der Waals surface area contributed by atoms with E-state index in [1.54, 1.807) is 32.9 Å². The summed E-state index contributed by atoms with van der Waals surface area (Å²) in [5.74, 6) is -0.111. The van der Waals surface area contributed by atoms with Crippen molar-refractivity contribution in [2.75, 3.05) is 13.1 Å². The SMILES string of the molecule is CC(C)(C)OC(=O)NCC(CN)c1cc(Cl)nc(Cl)c1. The van der Waals surface area contributed by atoms with E-state index >= 15 is 0 Å². The van der Waals surface area contributed by atoms with E-state index < -0.39 is 11.7 Å². The molecule has 1 unspecified atom stereocenters. The van der Waals surface area contributed by atoms with Crippen molar-refractivity contribution in [3.05, 3.63) is 28.0 Å². The van der Waals surface area contributed by atoms with E-state index in [0.717, 1.165) is 5.56 Å². The number of ether oxygens (including phenoxy) is 1. The Morgan fingerprint density at radius 3 is 2.40 bits per heavy atom. The Labute approximate surface area is 128 Å². The molecule has 1 atom stereocenters. The average Bonchev–Trinajstić information content (AvgIpc) is 2.25. The fourth-order valence-corrected chi connectivity index (χ4v) is 2.05. The molecule has 0 saturated heterocycles. The van der Waals surface area contributed by atoms with E-state index in [2.05, 4.69) is 10.3 Å². The van der Waals surface area contributed by atoms with Gasteiger partial charge in [-0.1, -0.05) is 23.2 Å². The van der Waals surface area contributed by atoms with Gasteiger partial charge in [0.05, 0.1) is 0 Å². The lowest BCUT2D eigenvalue weighted by Gasteiger charge is -2.21. The molecule has 1 amide bonds. The first-order valence-electron chi connectivity index (χ1n) is 6.21. The van der Waals surface area contributed by atoms with Crippen LogP contribution in [-0.4, -0.2) is 29.8 Å². The summed E-state index contributed by atoms with van der Waals surface area (Å²) in [5, 5.41) is 3.27. The maximum atomic E-state index is 11.6. The van der Waals surface area contributed by atoms with Gasteiger partial charge in [-0.2, -0.15) is 0 Å². The number of nitrogens with zero attached hydrogens (tertiary/aromatic N) is 1. The van der Waals surface area contributed by atoms with Crippen LogP contribution in [0.4, 0.5) is 4.79 Å². The third-order valence-electron chi connectivity index (χ3n) is 2.43. The van der Waals surface area contributed by atoms with E-state index in [1.165, 1.54) is 0 Å². The second-order valence-electron chi connectivity index (χ2n) is 5.36. The van der Waals surface area contributed by atoms with Gasteiger partial charge in [-0.25, -0.2) is 9.78 Å². The molecular weight excluding hydrogens is 301 g/mol. The predicted octanol–water partition coefficient (Wildman–Crippen LogP) is 2.96. The van der Waals surface area contributed by atoms with E-state index in [1.807, 2.05) is 0 Å². The number of nitrogens with one attached hydrogen (secondary N) is 1. The van der Waals surface area contributed by atoms with Crippen molar-refractivity contribution in [1.29, 1.82) is 0 Å². The molecule has 0 aliphatic carbocycles. The van der Waals surface area contributed by atoms with E-state index in [4.69, 9.17) is 33.7 Å². The molecule has 1 aromatic heterocycles. The number of carbonyl (C=O) groups is 1. The van der Waals surface area contributed by atoms with Gasteiger partial charge in [0, 0.05) is 19.0 Å². The molecule has 20 heavy (non-hydrogen) atoms. The molecule has 0 aliphatic rings. The first-order valence-corrected chi connectivity index (χ1v) is 6.97. The zero-order valence-electron chi connectivity index (χ0n) is 11.7. The number of alkyl carbamates (subject to hydrolysis) is 1. The Bertz CT molecular complexity index is 455. The van der Waals surface area contributed by atoms with Crippen LogP contribution in [0.25, 0.3) is 0 Å². The van der Waals surface area contributed by atoms with Crippen LogP contribution in [-0.2, 0) is 4.74 Å². The number of hydrogen-bond acceptors (Lipinski definition) is 4. The first kappa shape index (κ1) is 17.0. The van der Waals surface area contributed by atoms with Gasteiger partial charge < -0.3 is 15.8 Å². The lowest BCUT2D eigenvalue weighted by Crippen LogP contribution is -2.36. The smallest absolute Gasteiger partial charge is 0.407 e. The van der Waals surface area contributed by atoms with Gasteiger partial charge in [-0.3, -0.25) is 0 Å². The number of aromatic nitrogens is 1. The zero-order chi connectivity index (χ0) is 15.3. The number of hydrogen-bond donors (Lipinski definition) is 2. The minimum Gasteiger partial charge on any atom is -0.444 e. The van der Waals surface area contributed by atoms with Gasteiger partial charge in [-0.15, -0.1) is 0 Å². The van der Waals surface area contributed by atoms with Crippen molar-refractivity contribution in [2.45, 2.75) is 32.3 Å². The third kappa shape index (κ3) is 5.94. The van der Waals surface area contributed by atoms with Gasteiger partial charge >= 0.3 is 6.09 Å². The molecule has 7 heteroatoms. The number of halogens is 2. The van der Waals surface area contributed by atoms with Crippen LogP contribution in [0.1, 0.15) is 32.3 Å². The molecule has 1 heterocycles. The highest BCUT2D eigenvalue weighted by molar-refractivity contribution is 6.32. The fourth-order valence-electron chi connectivity index (χ4n) is 1.58. The Balaban J connectivity index is 2.66. The predicted molar refractivity (Wildman–Crippen MR) is 80.3 cm³/mol. The molecule has 3 N–H and O–H groups in total. The summed E-state index contributed by atoms with van der Waals surface area (Å²) in [6, 6.07) is 3.36. The molecule has 1 aromatic rings. The third-order valence-corrected chi connectivity index (χ3v) is 2.82. The molecule has 0 saturated carbocycles. The van der Waals surface area contributed by atoms with Crippen LogP contribution in [0.15, 0.2) is 12.1 Å². The fraction of sp³-hybridized carbons (Fsp3) is 0.538. The van der Waals surface area contributed by atoms with E-state index in [9.17, 15) is 4.79 Å². The van der Waals surface area contributed by atoms with E-state index in [0.29, 0.717) is 23.4 Å². The van der Waals surface area contributed by atoms with Crippen molar-refractivity contribution >= 4 is 29.3 Å². The number of amides is 1. The number of nitrogens with two attached hydrogens (primary N) is 1.